The van der Waals surface area contributed by atoms with Gasteiger partial charge in [-0.1, -0.05) is 95.3 Å². The number of cyclic esters (lactones) is 1. The summed E-state index contributed by atoms with van der Waals surface area (Å²) in [6, 6.07) is 20.6. The molecule has 2 aromatic carbocycles. The summed E-state index contributed by atoms with van der Waals surface area (Å²) in [5, 5.41) is 18.6. The van der Waals surface area contributed by atoms with Gasteiger partial charge in [0.1, 0.15) is 12.6 Å². The number of pyridine rings is 1. The van der Waals surface area contributed by atoms with Crippen LogP contribution in [0.4, 0.5) is 9.59 Å². The third-order valence-corrected chi connectivity index (χ3v) is 8.34. The molecule has 1 fully saturated rings. The fourth-order valence-electron chi connectivity index (χ4n) is 5.49. The van der Waals surface area contributed by atoms with Crippen LogP contribution in [0.2, 0.25) is 0 Å². The summed E-state index contributed by atoms with van der Waals surface area (Å²) in [4.78, 5) is 55.8. The molecule has 4 atom stereocenters. The van der Waals surface area contributed by atoms with Gasteiger partial charge in [0.15, 0.2) is 0 Å². The van der Waals surface area contributed by atoms with E-state index in [0.29, 0.717) is 0 Å². The molecular weight excluding hydrogens is 642 g/mol. The summed E-state index contributed by atoms with van der Waals surface area (Å²) in [6.45, 7) is 9.05. The Morgan fingerprint density at radius 3 is 2.24 bits per heavy atom. The molecular formula is C37H47N5O8. The molecule has 50 heavy (non-hydrogen) atoms. The summed E-state index contributed by atoms with van der Waals surface area (Å²) in [7, 11) is 1.21. The minimum Gasteiger partial charge on any atom is -0.462 e. The van der Waals surface area contributed by atoms with Gasteiger partial charge in [-0.15, -0.1) is 0 Å². The van der Waals surface area contributed by atoms with Crippen molar-refractivity contribution < 1.29 is 38.5 Å². The molecule has 0 radical (unpaired) electrons. The predicted octanol–water partition coefficient (Wildman–Crippen LogP) is 4.00. The maximum absolute atomic E-state index is 13.7. The lowest BCUT2D eigenvalue weighted by Gasteiger charge is -2.34. The summed E-state index contributed by atoms with van der Waals surface area (Å²) >= 11 is 0. The number of hydrogen-bond donors (Lipinski definition) is 4. The fourth-order valence-corrected chi connectivity index (χ4v) is 5.49. The Labute approximate surface area is 292 Å². The number of methoxy groups -OCH3 is 1. The molecule has 1 aliphatic heterocycles. The van der Waals surface area contributed by atoms with Crippen LogP contribution >= 0.6 is 0 Å². The molecule has 1 saturated heterocycles. The molecule has 2 heterocycles. The number of hydrazine groups is 1. The van der Waals surface area contributed by atoms with Crippen molar-refractivity contribution in [3.05, 3.63) is 90.1 Å². The van der Waals surface area contributed by atoms with Gasteiger partial charge in [-0.2, -0.15) is 0 Å². The van der Waals surface area contributed by atoms with Crippen molar-refractivity contribution in [2.24, 2.45) is 10.8 Å². The van der Waals surface area contributed by atoms with Crippen molar-refractivity contribution >= 4 is 24.1 Å². The molecule has 1 unspecified atom stereocenters. The largest absolute Gasteiger partial charge is 0.462 e. The van der Waals surface area contributed by atoms with Crippen molar-refractivity contribution in [3.63, 3.8) is 0 Å². The zero-order chi connectivity index (χ0) is 36.5. The highest BCUT2D eigenvalue weighted by Gasteiger charge is 2.47. The van der Waals surface area contributed by atoms with E-state index in [9.17, 15) is 24.3 Å². The number of aromatic nitrogens is 1. The third-order valence-electron chi connectivity index (χ3n) is 8.34. The van der Waals surface area contributed by atoms with E-state index < -0.39 is 59.2 Å². The molecule has 0 aliphatic carbocycles. The third kappa shape index (κ3) is 10.5. The molecule has 1 aromatic heterocycles. The van der Waals surface area contributed by atoms with Gasteiger partial charge in [0.05, 0.1) is 24.9 Å². The first kappa shape index (κ1) is 37.8. The number of ether oxygens (including phenoxy) is 3. The van der Waals surface area contributed by atoms with E-state index in [1.165, 1.54) is 12.1 Å². The number of esters is 1. The summed E-state index contributed by atoms with van der Waals surface area (Å²) in [5.41, 5.74) is 4.78. The standard InChI is InChI=1S/C37H47N5O8/c1-36(2,3)30(40-34(46)48-6)32(44)41-42(21-25-15-17-26(18-16-25)27-14-10-11-19-38-27)22-29(43)28(20-24-12-8-7-9-13-24)39-35(47)50-31-33(45)49-23-37(31,4)5/h7-19,28-31,43H,20-23H2,1-6H3,(H,39,47)(H,40,46)(H,41,44)/t28-,29-,30?,31-/m0/s1. The predicted molar refractivity (Wildman–Crippen MR) is 185 cm³/mol. The smallest absolute Gasteiger partial charge is 0.408 e. The first-order valence-corrected chi connectivity index (χ1v) is 16.4. The molecule has 4 N–H and O–H groups in total. The minimum atomic E-state index is -1.25. The Morgan fingerprint density at radius 1 is 0.980 bits per heavy atom. The second-order valence-corrected chi connectivity index (χ2v) is 14.1. The van der Waals surface area contributed by atoms with Crippen LogP contribution in [0, 0.1) is 10.8 Å². The van der Waals surface area contributed by atoms with E-state index in [-0.39, 0.29) is 26.1 Å². The maximum atomic E-state index is 13.7. The van der Waals surface area contributed by atoms with E-state index in [4.69, 9.17) is 14.2 Å². The van der Waals surface area contributed by atoms with Crippen LogP contribution < -0.4 is 16.1 Å². The Bertz CT molecular complexity index is 1600. The number of amides is 3. The van der Waals surface area contributed by atoms with Crippen LogP contribution in [-0.2, 0) is 36.8 Å². The van der Waals surface area contributed by atoms with Crippen LogP contribution in [0.25, 0.3) is 11.3 Å². The zero-order valence-electron chi connectivity index (χ0n) is 29.3. The number of aliphatic hydroxyl groups is 1. The lowest BCUT2D eigenvalue weighted by molar-refractivity contribution is -0.145. The van der Waals surface area contributed by atoms with Crippen LogP contribution in [-0.4, -0.2) is 83.7 Å². The highest BCUT2D eigenvalue weighted by atomic mass is 16.6. The normalized spacial score (nSPS) is 17.2. The van der Waals surface area contributed by atoms with Gasteiger partial charge in [0.25, 0.3) is 5.91 Å². The van der Waals surface area contributed by atoms with Gasteiger partial charge in [0.2, 0.25) is 6.10 Å². The van der Waals surface area contributed by atoms with Gasteiger partial charge >= 0.3 is 18.2 Å². The number of nitrogens with zero attached hydrogens (tertiary/aromatic N) is 2. The van der Waals surface area contributed by atoms with E-state index in [1.807, 2.05) is 72.8 Å². The van der Waals surface area contributed by atoms with Crippen LogP contribution in [0.3, 0.4) is 0 Å². The maximum Gasteiger partial charge on any atom is 0.408 e. The number of hydrogen-bond acceptors (Lipinski definition) is 10. The average Bonchev–Trinajstić information content (AvgIpc) is 3.33. The van der Waals surface area contributed by atoms with Crippen LogP contribution in [0.15, 0.2) is 79.0 Å². The fraction of sp³-hybridized carbons (Fsp3) is 0.432. The molecule has 0 spiro atoms. The molecule has 1 aliphatic rings. The molecule has 3 aromatic rings. The molecule has 268 valence electrons. The second kappa shape index (κ2) is 16.6. The Morgan fingerprint density at radius 2 is 1.66 bits per heavy atom. The van der Waals surface area contributed by atoms with Crippen molar-refractivity contribution in [2.75, 3.05) is 20.3 Å². The topological polar surface area (TPSA) is 168 Å². The quantitative estimate of drug-likeness (QED) is 0.117. The van der Waals surface area contributed by atoms with Crippen molar-refractivity contribution in [1.82, 2.24) is 26.1 Å². The molecule has 0 saturated carbocycles. The first-order chi connectivity index (χ1) is 23.7. The first-order valence-electron chi connectivity index (χ1n) is 16.4. The van der Waals surface area contributed by atoms with E-state index in [0.717, 1.165) is 22.4 Å². The summed E-state index contributed by atoms with van der Waals surface area (Å²) in [6.07, 6.45) is -2.09. The highest BCUT2D eigenvalue weighted by Crippen LogP contribution is 2.31. The minimum absolute atomic E-state index is 0.109. The van der Waals surface area contributed by atoms with Gasteiger partial charge in [-0.05, 0) is 35.1 Å². The highest BCUT2D eigenvalue weighted by molar-refractivity contribution is 5.86. The molecule has 13 heteroatoms. The Hall–Kier alpha value is -5.01. The summed E-state index contributed by atoms with van der Waals surface area (Å²) in [5.74, 6) is -1.17. The zero-order valence-corrected chi connectivity index (χ0v) is 29.3. The van der Waals surface area contributed by atoms with Gasteiger partial charge in [-0.25, -0.2) is 19.4 Å². The van der Waals surface area contributed by atoms with E-state index >= 15 is 0 Å². The number of carbonyl (C=O) groups is 4. The molecule has 3 amide bonds. The van der Waals surface area contributed by atoms with E-state index in [2.05, 4.69) is 21.0 Å². The molecule has 4 rings (SSSR count). The SMILES string of the molecule is COC(=O)NC(C(=O)NN(Cc1ccc(-c2ccccn2)cc1)C[C@H](O)[C@H](Cc1ccccc1)NC(=O)O[C@H]1C(=O)OCC1(C)C)C(C)(C)C. The summed E-state index contributed by atoms with van der Waals surface area (Å²) < 4.78 is 15.4. The molecule has 0 bridgehead atoms. The number of rotatable bonds is 13. The van der Waals surface area contributed by atoms with E-state index in [1.54, 1.807) is 40.8 Å². The van der Waals surface area contributed by atoms with Crippen LogP contribution in [0.5, 0.6) is 0 Å². The van der Waals surface area contributed by atoms with Gasteiger partial charge < -0.3 is 30.0 Å². The average molecular weight is 690 g/mol. The number of carbonyl (C=O) groups excluding carboxylic acids is 4. The van der Waals surface area contributed by atoms with Gasteiger partial charge in [0, 0.05) is 30.3 Å². The van der Waals surface area contributed by atoms with Gasteiger partial charge in [-0.3, -0.25) is 15.2 Å². The number of nitrogens with one attached hydrogen (secondary N) is 3. The van der Waals surface area contributed by atoms with Crippen LogP contribution in [0.1, 0.15) is 45.7 Å². The van der Waals surface area contributed by atoms with Crippen molar-refractivity contribution in [3.8, 4) is 11.3 Å². The lowest BCUT2D eigenvalue weighted by Crippen LogP contribution is -2.59. The Balaban J connectivity index is 1.59. The number of aliphatic hydroxyl groups excluding tert-OH is 1. The number of alkyl carbamates (subject to hydrolysis) is 2. The number of benzene rings is 2. The second-order valence-electron chi connectivity index (χ2n) is 14.1. The Kier molecular flexibility index (Phi) is 12.5. The van der Waals surface area contributed by atoms with Crippen molar-refractivity contribution in [2.45, 2.75) is 71.9 Å². The monoisotopic (exact) mass is 689 g/mol. The van der Waals surface area contributed by atoms with Crippen molar-refractivity contribution in [1.29, 1.82) is 0 Å². The lowest BCUT2D eigenvalue weighted by atomic mass is 9.86. The molecule has 13 nitrogen and oxygen atoms in total.